The molecule has 16 nitrogen and oxygen atoms in total. The van der Waals surface area contributed by atoms with E-state index in [1.807, 2.05) is 6.92 Å². The molecule has 4 aromatic rings. The van der Waals surface area contributed by atoms with Gasteiger partial charge in [0.15, 0.2) is 15.7 Å². The van der Waals surface area contributed by atoms with E-state index in [2.05, 4.69) is 25.4 Å². The molecule has 10 rings (SSSR count). The van der Waals surface area contributed by atoms with Gasteiger partial charge < -0.3 is 30.6 Å². The Bertz CT molecular complexity index is 2690. The summed E-state index contributed by atoms with van der Waals surface area (Å²) in [5, 5.41) is 26.5. The highest BCUT2D eigenvalue weighted by molar-refractivity contribution is 7.92. The van der Waals surface area contributed by atoms with Crippen molar-refractivity contribution in [3.05, 3.63) is 64.5 Å². The molecule has 2 spiro atoms. The first-order valence-electron chi connectivity index (χ1n) is 22.8. The number of hydrogen-bond acceptors (Lipinski definition) is 12. The number of fused-ring (bicyclic) bond motifs is 3. The van der Waals surface area contributed by atoms with Crippen LogP contribution in [0.4, 0.5) is 27.5 Å². The number of hydrogen-bond donors (Lipinski definition) is 4. The normalized spacial score (nSPS) is 24.3. The summed E-state index contributed by atoms with van der Waals surface area (Å²) in [6.07, 6.45) is 7.46. The van der Waals surface area contributed by atoms with Crippen molar-refractivity contribution in [3.8, 4) is 0 Å². The second kappa shape index (κ2) is 15.3. The number of halogens is 1. The van der Waals surface area contributed by atoms with Gasteiger partial charge >= 0.3 is 5.69 Å². The minimum absolute atomic E-state index is 0.0410. The van der Waals surface area contributed by atoms with Crippen LogP contribution in [0.5, 0.6) is 0 Å². The zero-order valence-corrected chi connectivity index (χ0v) is 37.7. The van der Waals surface area contributed by atoms with Crippen LogP contribution >= 0.6 is 0 Å². The minimum Gasteiger partial charge on any atom is -0.388 e. The zero-order valence-electron chi connectivity index (χ0n) is 36.9. The minimum atomic E-state index is -3.52. The molecular formula is C46H58FN9O7S. The van der Waals surface area contributed by atoms with Gasteiger partial charge in [-0.25, -0.2) is 22.6 Å². The van der Waals surface area contributed by atoms with Gasteiger partial charge in [0.05, 0.1) is 44.4 Å². The monoisotopic (exact) mass is 899 g/mol. The Morgan fingerprint density at radius 1 is 0.984 bits per heavy atom. The van der Waals surface area contributed by atoms with Crippen LogP contribution < -0.4 is 26.1 Å². The van der Waals surface area contributed by atoms with Gasteiger partial charge in [0.2, 0.25) is 17.8 Å². The standard InChI is InChI=1S/C46H58FN9O7S/c1-27(44(2,3)61)55-39-32(46(15-16-46)41(55)59)25-48-42(51-39)49-29-5-7-30(8-6-29)64(62,63)31-23-45(24-31)17-21-53(22-18-45)26-28-13-19-54(20-14-28)33-9-10-34-38(37(33)47)52(4)43(60)56(34)35-11-12-36(57)50-40(35)58/h5-10,25,27-28,31,35,40,58,61H,11-24,26H2,1-4H3,(H,50,57)(H,48,49,51). The van der Waals surface area contributed by atoms with Crippen molar-refractivity contribution in [1.82, 2.24) is 29.3 Å². The number of aliphatic hydroxyl groups excluding tert-OH is 1. The molecule has 2 aromatic carbocycles. The molecule has 64 heavy (non-hydrogen) atoms. The van der Waals surface area contributed by atoms with E-state index in [-0.39, 0.29) is 41.5 Å². The third-order valence-electron chi connectivity index (χ3n) is 15.7. The molecule has 2 aliphatic carbocycles. The zero-order chi connectivity index (χ0) is 45.1. The average molecular weight is 900 g/mol. The molecule has 2 saturated carbocycles. The van der Waals surface area contributed by atoms with Gasteiger partial charge in [0.25, 0.3) is 0 Å². The summed E-state index contributed by atoms with van der Waals surface area (Å²) in [5.41, 5.74) is 0.316. The molecule has 6 aliphatic rings. The molecule has 5 fully saturated rings. The largest absolute Gasteiger partial charge is 0.388 e. The number of likely N-dealkylation sites (tertiary alicyclic amines) is 1. The summed E-state index contributed by atoms with van der Waals surface area (Å²) in [6, 6.07) is 8.99. The summed E-state index contributed by atoms with van der Waals surface area (Å²) in [6.45, 7) is 9.37. The summed E-state index contributed by atoms with van der Waals surface area (Å²) in [4.78, 5) is 54.2. The first kappa shape index (κ1) is 43.0. The molecule has 2 amide bonds. The van der Waals surface area contributed by atoms with E-state index in [1.54, 1.807) is 61.3 Å². The number of anilines is 4. The number of amides is 2. The van der Waals surface area contributed by atoms with Crippen LogP contribution in [0.2, 0.25) is 0 Å². The molecule has 3 saturated heterocycles. The molecule has 0 radical (unpaired) electrons. The highest BCUT2D eigenvalue weighted by Gasteiger charge is 2.62. The topological polar surface area (TPSA) is 195 Å². The first-order valence-corrected chi connectivity index (χ1v) is 24.3. The van der Waals surface area contributed by atoms with Crippen LogP contribution in [0.15, 0.2) is 52.3 Å². The smallest absolute Gasteiger partial charge is 0.329 e. The number of carbonyl (C=O) groups is 2. The molecule has 4 aliphatic heterocycles. The van der Waals surface area contributed by atoms with Crippen LogP contribution in [0.1, 0.15) is 96.6 Å². The van der Waals surface area contributed by atoms with Gasteiger partial charge in [0, 0.05) is 50.6 Å². The number of sulfone groups is 1. The molecule has 4 N–H and O–H groups in total. The van der Waals surface area contributed by atoms with Crippen LogP contribution in [0, 0.1) is 17.2 Å². The third kappa shape index (κ3) is 7.10. The van der Waals surface area contributed by atoms with Crippen molar-refractivity contribution in [2.75, 3.05) is 47.8 Å². The van der Waals surface area contributed by atoms with Gasteiger partial charge in [0.1, 0.15) is 17.6 Å². The average Bonchev–Trinajstić information content (AvgIpc) is 3.97. The molecular weight excluding hydrogens is 842 g/mol. The Balaban J connectivity index is 0.710. The highest BCUT2D eigenvalue weighted by Crippen LogP contribution is 2.58. The predicted octanol–water partition coefficient (Wildman–Crippen LogP) is 4.25. The second-order valence-corrected chi connectivity index (χ2v) is 22.3. The van der Waals surface area contributed by atoms with E-state index < -0.39 is 55.9 Å². The van der Waals surface area contributed by atoms with Crippen molar-refractivity contribution in [2.24, 2.45) is 18.4 Å². The lowest BCUT2D eigenvalue weighted by Crippen LogP contribution is -2.52. The van der Waals surface area contributed by atoms with E-state index >= 15 is 4.39 Å². The van der Waals surface area contributed by atoms with Crippen molar-refractivity contribution in [3.63, 3.8) is 0 Å². The quantitative estimate of drug-likeness (QED) is 0.177. The second-order valence-electron chi connectivity index (χ2n) is 20.1. The van der Waals surface area contributed by atoms with Crippen LogP contribution in [0.3, 0.4) is 0 Å². The van der Waals surface area contributed by atoms with E-state index in [9.17, 15) is 33.0 Å². The SMILES string of the molecule is CC(N1C(=O)C2(CC2)c2cnc(Nc3ccc(S(=O)(=O)C4CC5(CCN(CC6CCN(c7ccc8c(c7F)n(C)c(=O)n8C7CCC(=O)NC7O)CC6)CC5)C4)cc3)nc21)C(C)(C)O. The van der Waals surface area contributed by atoms with Crippen molar-refractivity contribution in [2.45, 2.75) is 124 Å². The lowest BCUT2D eigenvalue weighted by atomic mass is 9.63. The maximum Gasteiger partial charge on any atom is 0.329 e. The summed E-state index contributed by atoms with van der Waals surface area (Å²) in [7, 11) is -1.99. The van der Waals surface area contributed by atoms with Gasteiger partial charge in [-0.2, -0.15) is 4.98 Å². The maximum atomic E-state index is 16.2. The van der Waals surface area contributed by atoms with E-state index in [0.717, 1.165) is 63.7 Å². The Kier molecular flexibility index (Phi) is 10.3. The summed E-state index contributed by atoms with van der Waals surface area (Å²) < 4.78 is 46.5. The molecule has 6 heterocycles. The van der Waals surface area contributed by atoms with Crippen LogP contribution in [-0.2, 0) is 31.9 Å². The van der Waals surface area contributed by atoms with Gasteiger partial charge in [-0.1, -0.05) is 0 Å². The number of aliphatic hydroxyl groups is 2. The molecule has 2 aromatic heterocycles. The maximum absolute atomic E-state index is 16.2. The number of carbonyl (C=O) groups excluding carboxylic acids is 2. The van der Waals surface area contributed by atoms with E-state index in [0.29, 0.717) is 59.5 Å². The Morgan fingerprint density at radius 3 is 2.31 bits per heavy atom. The lowest BCUT2D eigenvalue weighted by molar-refractivity contribution is -0.128. The molecule has 3 unspecified atom stereocenters. The summed E-state index contributed by atoms with van der Waals surface area (Å²) in [5.74, 6) is 0.459. The molecule has 342 valence electrons. The fourth-order valence-corrected chi connectivity index (χ4v) is 13.3. The number of benzene rings is 2. The van der Waals surface area contributed by atoms with E-state index in [4.69, 9.17) is 4.98 Å². The Labute approximate surface area is 371 Å². The number of aromatic nitrogens is 4. The van der Waals surface area contributed by atoms with Crippen LogP contribution in [-0.4, -0.2) is 110 Å². The molecule has 0 bridgehead atoms. The van der Waals surface area contributed by atoms with Gasteiger partial charge in [-0.15, -0.1) is 0 Å². The van der Waals surface area contributed by atoms with Gasteiger partial charge in [-0.3, -0.25) is 23.6 Å². The van der Waals surface area contributed by atoms with E-state index in [1.165, 1.54) is 16.2 Å². The first-order chi connectivity index (χ1) is 30.4. The number of nitrogens with zero attached hydrogens (tertiary/aromatic N) is 7. The Hall–Kier alpha value is -4.91. The number of rotatable bonds is 10. The van der Waals surface area contributed by atoms with Gasteiger partial charge in [-0.05, 0) is 139 Å². The van der Waals surface area contributed by atoms with Crippen LogP contribution in [0.25, 0.3) is 11.0 Å². The fraction of sp³-hybridized carbons (Fsp3) is 0.587. The number of aryl methyl sites for hydroxylation is 1. The van der Waals surface area contributed by atoms with Crippen molar-refractivity contribution in [1.29, 1.82) is 0 Å². The summed E-state index contributed by atoms with van der Waals surface area (Å²) >= 11 is 0. The van der Waals surface area contributed by atoms with Crippen molar-refractivity contribution < 1.29 is 32.6 Å². The number of imidazole rings is 1. The fourth-order valence-electron chi connectivity index (χ4n) is 11.2. The lowest BCUT2D eigenvalue weighted by Gasteiger charge is -2.52. The third-order valence-corrected chi connectivity index (χ3v) is 17.9. The van der Waals surface area contributed by atoms with Crippen molar-refractivity contribution >= 4 is 55.8 Å². The highest BCUT2D eigenvalue weighted by atomic mass is 32.2. The Morgan fingerprint density at radius 2 is 1.67 bits per heavy atom. The number of nitrogens with one attached hydrogen (secondary N) is 2. The number of piperidine rings is 3. The molecule has 18 heteroatoms. The predicted molar refractivity (Wildman–Crippen MR) is 239 cm³/mol. The molecule has 3 atom stereocenters.